The van der Waals surface area contributed by atoms with Crippen LogP contribution in [0.3, 0.4) is 0 Å². The molecule has 2 rings (SSSR count). The quantitative estimate of drug-likeness (QED) is 0.814. The van der Waals surface area contributed by atoms with Gasteiger partial charge in [-0.2, -0.15) is 5.26 Å². The third-order valence-electron chi connectivity index (χ3n) is 3.15. The summed E-state index contributed by atoms with van der Waals surface area (Å²) in [5.74, 6) is -0.881. The Morgan fingerprint density at radius 1 is 1.21 bits per heavy atom. The van der Waals surface area contributed by atoms with Crippen LogP contribution >= 0.6 is 11.6 Å². The van der Waals surface area contributed by atoms with Crippen LogP contribution in [0.15, 0.2) is 42.5 Å². The van der Waals surface area contributed by atoms with Crippen LogP contribution in [0.1, 0.15) is 15.9 Å². The van der Waals surface area contributed by atoms with Gasteiger partial charge in [-0.05, 0) is 30.3 Å². The van der Waals surface area contributed by atoms with Crippen molar-refractivity contribution in [3.63, 3.8) is 0 Å². The summed E-state index contributed by atoms with van der Waals surface area (Å²) < 4.78 is 4.69. The number of esters is 1. The van der Waals surface area contributed by atoms with E-state index in [1.54, 1.807) is 30.3 Å². The zero-order valence-electron chi connectivity index (χ0n) is 12.8. The van der Waals surface area contributed by atoms with E-state index in [2.05, 4.69) is 10.6 Å². The number of ether oxygens (including phenoxy) is 1. The summed E-state index contributed by atoms with van der Waals surface area (Å²) in [6.45, 7) is -0.0919. The van der Waals surface area contributed by atoms with Crippen LogP contribution in [0.2, 0.25) is 5.02 Å². The normalized spacial score (nSPS) is 9.71. The molecular weight excluding hydrogens is 330 g/mol. The summed E-state index contributed by atoms with van der Waals surface area (Å²) in [7, 11) is 1.29. The van der Waals surface area contributed by atoms with Crippen molar-refractivity contribution in [3.8, 4) is 6.07 Å². The fourth-order valence-corrected chi connectivity index (χ4v) is 2.18. The average molecular weight is 344 g/mol. The smallest absolute Gasteiger partial charge is 0.339 e. The second-order valence-corrected chi connectivity index (χ2v) is 5.18. The van der Waals surface area contributed by atoms with Crippen molar-refractivity contribution < 1.29 is 14.3 Å². The molecule has 0 saturated carbocycles. The van der Waals surface area contributed by atoms with E-state index >= 15 is 0 Å². The minimum Gasteiger partial charge on any atom is -0.465 e. The molecule has 0 spiro atoms. The Morgan fingerprint density at radius 2 is 1.96 bits per heavy atom. The summed E-state index contributed by atoms with van der Waals surface area (Å²) in [5, 5.41) is 14.9. The van der Waals surface area contributed by atoms with Gasteiger partial charge in [0, 0.05) is 10.7 Å². The van der Waals surface area contributed by atoms with E-state index in [1.165, 1.54) is 19.2 Å². The number of benzene rings is 2. The van der Waals surface area contributed by atoms with E-state index < -0.39 is 5.97 Å². The maximum Gasteiger partial charge on any atom is 0.339 e. The minimum atomic E-state index is -0.500. The number of methoxy groups -OCH3 is 1. The summed E-state index contributed by atoms with van der Waals surface area (Å²) >= 11 is 5.87. The van der Waals surface area contributed by atoms with E-state index in [0.29, 0.717) is 27.5 Å². The van der Waals surface area contributed by atoms with Gasteiger partial charge in [0.05, 0.1) is 30.5 Å². The molecule has 0 aromatic heterocycles. The molecule has 122 valence electrons. The topological polar surface area (TPSA) is 91.2 Å². The van der Waals surface area contributed by atoms with Crippen LogP contribution in [0.25, 0.3) is 0 Å². The van der Waals surface area contributed by atoms with Gasteiger partial charge in [-0.1, -0.05) is 23.7 Å². The second kappa shape index (κ2) is 7.99. The summed E-state index contributed by atoms with van der Waals surface area (Å²) in [6.07, 6.45) is 0. The van der Waals surface area contributed by atoms with Crippen molar-refractivity contribution in [2.75, 3.05) is 24.3 Å². The molecule has 1 amide bonds. The van der Waals surface area contributed by atoms with E-state index in [1.807, 2.05) is 6.07 Å². The molecule has 0 unspecified atom stereocenters. The van der Waals surface area contributed by atoms with Gasteiger partial charge < -0.3 is 15.4 Å². The van der Waals surface area contributed by atoms with Gasteiger partial charge in [-0.3, -0.25) is 4.79 Å². The van der Waals surface area contributed by atoms with Crippen molar-refractivity contribution in [3.05, 3.63) is 58.6 Å². The third-order valence-corrected chi connectivity index (χ3v) is 3.38. The molecule has 7 heteroatoms. The predicted octanol–water partition coefficient (Wildman–Crippen LogP) is 3.05. The highest BCUT2D eigenvalue weighted by Crippen LogP contribution is 2.20. The van der Waals surface area contributed by atoms with Crippen molar-refractivity contribution in [1.29, 1.82) is 5.26 Å². The van der Waals surface area contributed by atoms with Crippen molar-refractivity contribution in [2.24, 2.45) is 0 Å². The number of para-hydroxylation sites is 1. The first-order chi connectivity index (χ1) is 11.5. The number of halogens is 1. The number of hydrogen-bond donors (Lipinski definition) is 2. The number of carbonyl (C=O) groups excluding carboxylic acids is 2. The zero-order chi connectivity index (χ0) is 17.5. The van der Waals surface area contributed by atoms with Gasteiger partial charge in [0.1, 0.15) is 6.07 Å². The molecule has 0 bridgehead atoms. The monoisotopic (exact) mass is 343 g/mol. The van der Waals surface area contributed by atoms with Gasteiger partial charge in [-0.25, -0.2) is 4.79 Å². The van der Waals surface area contributed by atoms with Crippen LogP contribution in [-0.2, 0) is 9.53 Å². The number of nitrogens with zero attached hydrogens (tertiary/aromatic N) is 1. The summed E-state index contributed by atoms with van der Waals surface area (Å²) in [6, 6.07) is 13.3. The molecule has 6 nitrogen and oxygen atoms in total. The Bertz CT molecular complexity index is 815. The van der Waals surface area contributed by atoms with Crippen molar-refractivity contribution in [1.82, 2.24) is 0 Å². The van der Waals surface area contributed by atoms with Crippen LogP contribution < -0.4 is 10.6 Å². The molecule has 0 aliphatic rings. The average Bonchev–Trinajstić information content (AvgIpc) is 2.59. The van der Waals surface area contributed by atoms with E-state index in [0.717, 1.165) is 0 Å². The van der Waals surface area contributed by atoms with Crippen molar-refractivity contribution in [2.45, 2.75) is 0 Å². The molecule has 2 N–H and O–H groups in total. The molecule has 2 aromatic rings. The fourth-order valence-electron chi connectivity index (χ4n) is 2.01. The first kappa shape index (κ1) is 17.3. The first-order valence-corrected chi connectivity index (χ1v) is 7.33. The maximum atomic E-state index is 12.1. The lowest BCUT2D eigenvalue weighted by atomic mass is 10.1. The number of anilines is 2. The minimum absolute atomic E-state index is 0.0919. The van der Waals surface area contributed by atoms with Gasteiger partial charge in [-0.15, -0.1) is 0 Å². The number of nitriles is 1. The number of amides is 1. The molecule has 0 heterocycles. The van der Waals surface area contributed by atoms with Gasteiger partial charge >= 0.3 is 5.97 Å². The molecule has 0 radical (unpaired) electrons. The Labute approximate surface area is 144 Å². The Hall–Kier alpha value is -3.04. The Morgan fingerprint density at radius 3 is 2.67 bits per heavy atom. The highest BCUT2D eigenvalue weighted by Gasteiger charge is 2.12. The molecular formula is C17H14ClN3O3. The molecule has 2 aromatic carbocycles. The SMILES string of the molecule is COC(=O)c1ccccc1NCC(=O)Nc1cc(Cl)ccc1C#N. The lowest BCUT2D eigenvalue weighted by Gasteiger charge is -2.11. The van der Waals surface area contributed by atoms with Crippen LogP contribution in [0.5, 0.6) is 0 Å². The molecule has 0 fully saturated rings. The van der Waals surface area contributed by atoms with E-state index in [9.17, 15) is 9.59 Å². The Balaban J connectivity index is 2.06. The predicted molar refractivity (Wildman–Crippen MR) is 91.1 cm³/mol. The van der Waals surface area contributed by atoms with Crippen LogP contribution in [-0.4, -0.2) is 25.5 Å². The number of rotatable bonds is 5. The fraction of sp³-hybridized carbons (Fsp3) is 0.118. The summed E-state index contributed by atoms with van der Waals surface area (Å²) in [5.41, 5.74) is 1.44. The molecule has 0 aliphatic heterocycles. The number of nitrogens with one attached hydrogen (secondary N) is 2. The molecule has 0 aliphatic carbocycles. The third kappa shape index (κ3) is 4.24. The summed E-state index contributed by atoms with van der Waals surface area (Å²) in [4.78, 5) is 23.8. The molecule has 24 heavy (non-hydrogen) atoms. The van der Waals surface area contributed by atoms with E-state index in [4.69, 9.17) is 21.6 Å². The number of hydrogen-bond acceptors (Lipinski definition) is 5. The highest BCUT2D eigenvalue weighted by atomic mass is 35.5. The van der Waals surface area contributed by atoms with Gasteiger partial charge in [0.25, 0.3) is 0 Å². The number of carbonyl (C=O) groups is 2. The zero-order valence-corrected chi connectivity index (χ0v) is 13.6. The van der Waals surface area contributed by atoms with Gasteiger partial charge in [0.2, 0.25) is 5.91 Å². The largest absolute Gasteiger partial charge is 0.465 e. The maximum absolute atomic E-state index is 12.1. The van der Waals surface area contributed by atoms with Crippen LogP contribution in [0.4, 0.5) is 11.4 Å². The van der Waals surface area contributed by atoms with Crippen LogP contribution in [0, 0.1) is 11.3 Å². The van der Waals surface area contributed by atoms with E-state index in [-0.39, 0.29) is 12.5 Å². The lowest BCUT2D eigenvalue weighted by Crippen LogP contribution is -2.23. The Kier molecular flexibility index (Phi) is 5.77. The molecule has 0 saturated heterocycles. The standard InChI is InChI=1S/C17H14ClN3O3/c1-24-17(23)13-4-2-3-5-14(13)20-10-16(22)21-15-8-12(18)7-6-11(15)9-19/h2-8,20H,10H2,1H3,(H,21,22). The molecule has 0 atom stereocenters. The lowest BCUT2D eigenvalue weighted by molar-refractivity contribution is -0.114. The first-order valence-electron chi connectivity index (χ1n) is 6.96. The second-order valence-electron chi connectivity index (χ2n) is 4.74. The van der Waals surface area contributed by atoms with Crippen molar-refractivity contribution >= 4 is 34.9 Å². The highest BCUT2D eigenvalue weighted by molar-refractivity contribution is 6.31. The van der Waals surface area contributed by atoms with Gasteiger partial charge in [0.15, 0.2) is 0 Å².